The third-order valence-corrected chi connectivity index (χ3v) is 3.63. The van der Waals surface area contributed by atoms with Crippen LogP contribution >= 0.6 is 27.5 Å². The number of carbonyl (C=O) groups is 1. The van der Waals surface area contributed by atoms with Gasteiger partial charge in [-0.05, 0) is 18.2 Å². The quantitative estimate of drug-likeness (QED) is 0.711. The highest BCUT2D eigenvalue weighted by Crippen LogP contribution is 2.38. The molecule has 98 valence electrons. The number of nitrogens with zero attached hydrogens (tertiary/aromatic N) is 1. The fourth-order valence-electron chi connectivity index (χ4n) is 1.81. The van der Waals surface area contributed by atoms with Gasteiger partial charge in [0, 0.05) is 23.1 Å². The molecule has 0 aromatic heterocycles. The van der Waals surface area contributed by atoms with Crippen molar-refractivity contribution in [2.45, 2.75) is 18.0 Å². The van der Waals surface area contributed by atoms with Crippen molar-refractivity contribution < 1.29 is 18.0 Å². The highest BCUT2D eigenvalue weighted by molar-refractivity contribution is 9.10. The Morgan fingerprint density at radius 2 is 2.06 bits per heavy atom. The standard InChI is InChI=1S/C11H8BrClF3NO/c12-9-2-1-7(4-8(9)11(14,15)16)17-5-6(13)3-10(17)18/h1-2,4,6H,3,5H2. The molecule has 2 nitrogen and oxygen atoms in total. The summed E-state index contributed by atoms with van der Waals surface area (Å²) in [6, 6.07) is 3.70. The van der Waals surface area contributed by atoms with Crippen LogP contribution in [0.1, 0.15) is 12.0 Å². The molecule has 0 spiro atoms. The van der Waals surface area contributed by atoms with Crippen molar-refractivity contribution in [3.63, 3.8) is 0 Å². The first kappa shape index (κ1) is 13.7. The van der Waals surface area contributed by atoms with Crippen LogP contribution in [0.15, 0.2) is 22.7 Å². The van der Waals surface area contributed by atoms with Crippen molar-refractivity contribution in [2.24, 2.45) is 0 Å². The van der Waals surface area contributed by atoms with Crippen LogP contribution in [0.25, 0.3) is 0 Å². The van der Waals surface area contributed by atoms with Crippen LogP contribution in [0.2, 0.25) is 0 Å². The maximum absolute atomic E-state index is 12.7. The summed E-state index contributed by atoms with van der Waals surface area (Å²) >= 11 is 8.67. The molecule has 18 heavy (non-hydrogen) atoms. The van der Waals surface area contributed by atoms with E-state index in [0.717, 1.165) is 6.07 Å². The lowest BCUT2D eigenvalue weighted by molar-refractivity contribution is -0.138. The molecule has 1 aromatic rings. The summed E-state index contributed by atoms with van der Waals surface area (Å²) in [5.74, 6) is -0.259. The van der Waals surface area contributed by atoms with Gasteiger partial charge < -0.3 is 4.90 Å². The number of halogens is 5. The number of rotatable bonds is 1. The van der Waals surface area contributed by atoms with Gasteiger partial charge in [-0.15, -0.1) is 11.6 Å². The Hall–Kier alpha value is -0.750. The van der Waals surface area contributed by atoms with E-state index >= 15 is 0 Å². The lowest BCUT2D eigenvalue weighted by atomic mass is 10.2. The molecule has 7 heteroatoms. The third kappa shape index (κ3) is 2.64. The highest BCUT2D eigenvalue weighted by atomic mass is 79.9. The predicted octanol–water partition coefficient (Wildman–Crippen LogP) is 3.81. The summed E-state index contributed by atoms with van der Waals surface area (Å²) in [5.41, 5.74) is -0.579. The average molecular weight is 343 g/mol. The van der Waals surface area contributed by atoms with Crippen molar-refractivity contribution in [1.82, 2.24) is 0 Å². The van der Waals surface area contributed by atoms with Crippen LogP contribution in [0, 0.1) is 0 Å². The second-order valence-corrected chi connectivity index (χ2v) is 5.44. The zero-order chi connectivity index (χ0) is 13.5. The molecule has 0 aliphatic carbocycles. The maximum Gasteiger partial charge on any atom is 0.417 e. The van der Waals surface area contributed by atoms with E-state index in [2.05, 4.69) is 15.9 Å². The lowest BCUT2D eigenvalue weighted by Gasteiger charge is -2.18. The first-order valence-electron chi connectivity index (χ1n) is 5.10. The molecule has 1 atom stereocenters. The summed E-state index contributed by atoms with van der Waals surface area (Å²) in [6.45, 7) is 0.235. The first-order valence-corrected chi connectivity index (χ1v) is 6.33. The van der Waals surface area contributed by atoms with E-state index in [1.54, 1.807) is 0 Å². The van der Waals surface area contributed by atoms with Crippen molar-refractivity contribution in [3.8, 4) is 0 Å². The van der Waals surface area contributed by atoms with Crippen LogP contribution in [0.5, 0.6) is 0 Å². The van der Waals surface area contributed by atoms with Gasteiger partial charge in [-0.3, -0.25) is 4.79 Å². The number of hydrogen-bond acceptors (Lipinski definition) is 1. The number of benzene rings is 1. The Kier molecular flexibility index (Phi) is 3.60. The van der Waals surface area contributed by atoms with Gasteiger partial charge in [0.15, 0.2) is 0 Å². The van der Waals surface area contributed by atoms with E-state index in [-0.39, 0.29) is 34.4 Å². The molecule has 0 bridgehead atoms. The molecule has 1 fully saturated rings. The van der Waals surface area contributed by atoms with Crippen molar-refractivity contribution in [3.05, 3.63) is 28.2 Å². The van der Waals surface area contributed by atoms with E-state index in [0.29, 0.717) is 0 Å². The molecule has 2 rings (SSSR count). The largest absolute Gasteiger partial charge is 0.417 e. The van der Waals surface area contributed by atoms with Gasteiger partial charge in [0.1, 0.15) is 0 Å². The average Bonchev–Trinajstić information content (AvgIpc) is 2.57. The molecule has 1 amide bonds. The maximum atomic E-state index is 12.7. The molecule has 1 heterocycles. The van der Waals surface area contributed by atoms with Gasteiger partial charge in [0.2, 0.25) is 5.91 Å². The summed E-state index contributed by atoms with van der Waals surface area (Å²) < 4.78 is 38.1. The number of anilines is 1. The third-order valence-electron chi connectivity index (χ3n) is 2.64. The SMILES string of the molecule is O=C1CC(Cl)CN1c1ccc(Br)c(C(F)(F)F)c1. The molecule has 1 aromatic carbocycles. The Bertz CT molecular complexity index is 492. The number of alkyl halides is 4. The van der Waals surface area contributed by atoms with E-state index in [9.17, 15) is 18.0 Å². The monoisotopic (exact) mass is 341 g/mol. The van der Waals surface area contributed by atoms with E-state index < -0.39 is 11.7 Å². The van der Waals surface area contributed by atoms with Gasteiger partial charge >= 0.3 is 6.18 Å². The fraction of sp³-hybridized carbons (Fsp3) is 0.364. The molecule has 1 saturated heterocycles. The molecule has 1 aliphatic heterocycles. The molecule has 0 radical (unpaired) electrons. The zero-order valence-electron chi connectivity index (χ0n) is 8.97. The van der Waals surface area contributed by atoms with E-state index in [1.165, 1.54) is 17.0 Å². The number of carbonyl (C=O) groups excluding carboxylic acids is 1. The fourth-order valence-corrected chi connectivity index (χ4v) is 2.55. The molecule has 0 saturated carbocycles. The van der Waals surface area contributed by atoms with Crippen LogP contribution in [0.4, 0.5) is 18.9 Å². The van der Waals surface area contributed by atoms with Crippen molar-refractivity contribution in [1.29, 1.82) is 0 Å². The zero-order valence-corrected chi connectivity index (χ0v) is 11.3. The Morgan fingerprint density at radius 1 is 1.39 bits per heavy atom. The molecular formula is C11H8BrClF3NO. The molecule has 1 aliphatic rings. The lowest BCUT2D eigenvalue weighted by Crippen LogP contribution is -2.25. The van der Waals surface area contributed by atoms with Gasteiger partial charge in [-0.25, -0.2) is 0 Å². The Labute approximate surface area is 115 Å². The number of amides is 1. The highest BCUT2D eigenvalue weighted by Gasteiger charge is 2.35. The van der Waals surface area contributed by atoms with Gasteiger partial charge in [-0.2, -0.15) is 13.2 Å². The second-order valence-electron chi connectivity index (χ2n) is 3.97. The van der Waals surface area contributed by atoms with Crippen molar-refractivity contribution >= 4 is 39.1 Å². The van der Waals surface area contributed by atoms with Crippen molar-refractivity contribution in [2.75, 3.05) is 11.4 Å². The Balaban J connectivity index is 2.39. The molecule has 1 unspecified atom stereocenters. The van der Waals surface area contributed by atoms with Gasteiger partial charge in [0.05, 0.1) is 10.9 Å². The summed E-state index contributed by atoms with van der Waals surface area (Å²) in [7, 11) is 0. The molecular weight excluding hydrogens is 334 g/mol. The minimum absolute atomic E-state index is 0.0483. The van der Waals surface area contributed by atoms with Crippen LogP contribution in [-0.2, 0) is 11.0 Å². The summed E-state index contributed by atoms with van der Waals surface area (Å²) in [5, 5.41) is -0.351. The van der Waals surface area contributed by atoms with Crippen LogP contribution in [-0.4, -0.2) is 17.8 Å². The van der Waals surface area contributed by atoms with Gasteiger partial charge in [-0.1, -0.05) is 15.9 Å². The van der Waals surface area contributed by atoms with E-state index in [4.69, 9.17) is 11.6 Å². The van der Waals surface area contributed by atoms with Crippen LogP contribution < -0.4 is 4.90 Å². The minimum Gasteiger partial charge on any atom is -0.311 e. The van der Waals surface area contributed by atoms with Crippen LogP contribution in [0.3, 0.4) is 0 Å². The first-order chi connectivity index (χ1) is 8.29. The Morgan fingerprint density at radius 3 is 2.56 bits per heavy atom. The summed E-state index contributed by atoms with van der Waals surface area (Å²) in [6.07, 6.45) is -4.31. The number of hydrogen-bond donors (Lipinski definition) is 0. The van der Waals surface area contributed by atoms with E-state index in [1.807, 2.05) is 0 Å². The molecule has 0 N–H and O–H groups in total. The minimum atomic E-state index is -4.46. The normalized spacial score (nSPS) is 20.6. The van der Waals surface area contributed by atoms with Gasteiger partial charge in [0.25, 0.3) is 0 Å². The summed E-state index contributed by atoms with van der Waals surface area (Å²) in [4.78, 5) is 12.9. The second kappa shape index (κ2) is 4.74. The topological polar surface area (TPSA) is 20.3 Å². The predicted molar refractivity (Wildman–Crippen MR) is 65.8 cm³/mol. The smallest absolute Gasteiger partial charge is 0.311 e.